The molecule has 2 saturated carbocycles. The largest absolute Gasteiger partial charge is 0.437 e. The molecule has 4 aromatic rings. The van der Waals surface area contributed by atoms with E-state index in [2.05, 4.69) is 63.2 Å². The molecule has 3 nitrogen and oxygen atoms in total. The summed E-state index contributed by atoms with van der Waals surface area (Å²) in [6.45, 7) is 7.14. The maximum absolute atomic E-state index is 6.47. The predicted molar refractivity (Wildman–Crippen MR) is 140 cm³/mol. The van der Waals surface area contributed by atoms with Crippen molar-refractivity contribution in [2.45, 2.75) is 83.5 Å². The molecule has 3 heterocycles. The van der Waals surface area contributed by atoms with Crippen molar-refractivity contribution in [3.8, 4) is 11.3 Å². The van der Waals surface area contributed by atoms with Gasteiger partial charge >= 0.3 is 0 Å². The molecule has 0 amide bonds. The fourth-order valence-electron chi connectivity index (χ4n) is 6.71. The van der Waals surface area contributed by atoms with Crippen LogP contribution in [0.3, 0.4) is 0 Å². The first-order chi connectivity index (χ1) is 16.5. The van der Waals surface area contributed by atoms with Crippen LogP contribution in [-0.4, -0.2) is 9.97 Å². The van der Waals surface area contributed by atoms with Crippen LogP contribution in [0.5, 0.6) is 0 Å². The Labute approximate surface area is 203 Å². The summed E-state index contributed by atoms with van der Waals surface area (Å²) in [6.07, 6.45) is 12.7. The molecule has 0 bridgehead atoms. The molecular weight excluding hydrogens is 416 g/mol. The zero-order valence-electron chi connectivity index (χ0n) is 20.8. The Kier molecular flexibility index (Phi) is 5.47. The van der Waals surface area contributed by atoms with Gasteiger partial charge in [0.1, 0.15) is 5.58 Å². The molecule has 0 saturated heterocycles. The lowest BCUT2D eigenvalue weighted by molar-refractivity contribution is 0.325. The Morgan fingerprint density at radius 3 is 2.47 bits per heavy atom. The summed E-state index contributed by atoms with van der Waals surface area (Å²) in [6, 6.07) is 15.3. The second-order valence-corrected chi connectivity index (χ2v) is 11.3. The van der Waals surface area contributed by atoms with Gasteiger partial charge in [-0.2, -0.15) is 0 Å². The molecule has 0 aliphatic heterocycles. The van der Waals surface area contributed by atoms with Gasteiger partial charge in [0.25, 0.3) is 0 Å². The van der Waals surface area contributed by atoms with Crippen molar-refractivity contribution in [3.63, 3.8) is 0 Å². The van der Waals surface area contributed by atoms with Crippen LogP contribution in [-0.2, 0) is 5.41 Å². The van der Waals surface area contributed by atoms with E-state index in [1.807, 2.05) is 6.20 Å². The van der Waals surface area contributed by atoms with E-state index < -0.39 is 0 Å². The van der Waals surface area contributed by atoms with E-state index in [4.69, 9.17) is 14.4 Å². The van der Waals surface area contributed by atoms with E-state index in [-0.39, 0.29) is 5.41 Å². The zero-order chi connectivity index (χ0) is 23.3. The lowest BCUT2D eigenvalue weighted by Gasteiger charge is -2.32. The van der Waals surface area contributed by atoms with Gasteiger partial charge < -0.3 is 4.42 Å². The van der Waals surface area contributed by atoms with Gasteiger partial charge in [-0.1, -0.05) is 58.6 Å². The highest BCUT2D eigenvalue weighted by Crippen LogP contribution is 2.43. The first-order valence-electron chi connectivity index (χ1n) is 13.3. The SMILES string of the molecule is CC(c1ccc2c(n1)oc1c(-c3cc(C(C)(C)C4CCCC4)ccn3)cccc12)C1CCCC1. The minimum atomic E-state index is 0.156. The first kappa shape index (κ1) is 21.8. The van der Waals surface area contributed by atoms with E-state index in [9.17, 15) is 0 Å². The maximum atomic E-state index is 6.47. The summed E-state index contributed by atoms with van der Waals surface area (Å²) < 4.78 is 6.47. The normalized spacial score (nSPS) is 18.9. The minimum absolute atomic E-state index is 0.156. The molecule has 2 aliphatic carbocycles. The summed E-state index contributed by atoms with van der Waals surface area (Å²) in [4.78, 5) is 9.80. The summed E-state index contributed by atoms with van der Waals surface area (Å²) in [5.74, 6) is 1.98. The molecule has 0 spiro atoms. The Bertz CT molecular complexity index is 1320. The molecule has 1 unspecified atom stereocenters. The van der Waals surface area contributed by atoms with Gasteiger partial charge in [0.2, 0.25) is 5.71 Å². The van der Waals surface area contributed by atoms with Crippen LogP contribution >= 0.6 is 0 Å². The second kappa shape index (κ2) is 8.52. The molecule has 3 heteroatoms. The summed E-state index contributed by atoms with van der Waals surface area (Å²) in [7, 11) is 0. The highest BCUT2D eigenvalue weighted by Gasteiger charge is 2.33. The molecule has 3 aromatic heterocycles. The number of pyridine rings is 2. The highest BCUT2D eigenvalue weighted by atomic mass is 16.3. The van der Waals surface area contributed by atoms with Gasteiger partial charge in [0.05, 0.1) is 5.69 Å². The fourth-order valence-corrected chi connectivity index (χ4v) is 6.71. The van der Waals surface area contributed by atoms with Gasteiger partial charge in [-0.25, -0.2) is 4.98 Å². The third-order valence-corrected chi connectivity index (χ3v) is 9.11. The zero-order valence-corrected chi connectivity index (χ0v) is 20.8. The van der Waals surface area contributed by atoms with Crippen molar-refractivity contribution in [3.05, 3.63) is 59.9 Å². The number of aromatic nitrogens is 2. The average Bonchev–Trinajstić information content (AvgIpc) is 3.64. The van der Waals surface area contributed by atoms with Crippen molar-refractivity contribution in [2.24, 2.45) is 11.8 Å². The monoisotopic (exact) mass is 452 g/mol. The third-order valence-electron chi connectivity index (χ3n) is 9.11. The Balaban J connectivity index is 1.41. The Morgan fingerprint density at radius 2 is 1.68 bits per heavy atom. The van der Waals surface area contributed by atoms with Crippen LogP contribution in [0.25, 0.3) is 33.3 Å². The van der Waals surface area contributed by atoms with Crippen molar-refractivity contribution >= 4 is 22.1 Å². The van der Waals surface area contributed by atoms with Crippen LogP contribution in [0.1, 0.15) is 89.3 Å². The fraction of sp³-hybridized carbons (Fsp3) is 0.484. The number of furan rings is 1. The Morgan fingerprint density at radius 1 is 0.912 bits per heavy atom. The van der Waals surface area contributed by atoms with Gasteiger partial charge in [-0.3, -0.25) is 4.98 Å². The quantitative estimate of drug-likeness (QED) is 0.304. The topological polar surface area (TPSA) is 38.9 Å². The minimum Gasteiger partial charge on any atom is -0.437 e. The van der Waals surface area contributed by atoms with Crippen molar-refractivity contribution in [1.29, 1.82) is 0 Å². The van der Waals surface area contributed by atoms with E-state index in [1.54, 1.807) is 0 Å². The predicted octanol–water partition coefficient (Wildman–Crippen LogP) is 8.80. The van der Waals surface area contributed by atoms with Crippen LogP contribution < -0.4 is 0 Å². The van der Waals surface area contributed by atoms with Crippen molar-refractivity contribution < 1.29 is 4.42 Å². The smallest absolute Gasteiger partial charge is 0.227 e. The van der Waals surface area contributed by atoms with Crippen LogP contribution in [0, 0.1) is 11.8 Å². The van der Waals surface area contributed by atoms with Gasteiger partial charge in [0.15, 0.2) is 0 Å². The van der Waals surface area contributed by atoms with E-state index in [0.717, 1.165) is 45.2 Å². The van der Waals surface area contributed by atoms with Crippen LogP contribution in [0.2, 0.25) is 0 Å². The molecule has 34 heavy (non-hydrogen) atoms. The molecule has 176 valence electrons. The van der Waals surface area contributed by atoms with Gasteiger partial charge in [-0.05, 0) is 78.8 Å². The Hall–Kier alpha value is -2.68. The number of fused-ring (bicyclic) bond motifs is 3. The van der Waals surface area contributed by atoms with Gasteiger partial charge in [0, 0.05) is 34.1 Å². The number of hydrogen-bond donors (Lipinski definition) is 0. The molecule has 0 N–H and O–H groups in total. The first-order valence-corrected chi connectivity index (χ1v) is 13.3. The summed E-state index contributed by atoms with van der Waals surface area (Å²) in [5.41, 5.74) is 6.41. The van der Waals surface area contributed by atoms with E-state index in [0.29, 0.717) is 5.92 Å². The average molecular weight is 453 g/mol. The number of hydrogen-bond acceptors (Lipinski definition) is 3. The molecule has 6 rings (SSSR count). The molecule has 2 fully saturated rings. The van der Waals surface area contributed by atoms with Crippen LogP contribution in [0.4, 0.5) is 0 Å². The van der Waals surface area contributed by atoms with Crippen molar-refractivity contribution in [2.75, 3.05) is 0 Å². The molecular formula is C31H36N2O. The highest BCUT2D eigenvalue weighted by molar-refractivity contribution is 6.08. The summed E-state index contributed by atoms with van der Waals surface area (Å²) in [5, 5.41) is 2.23. The second-order valence-electron chi connectivity index (χ2n) is 11.3. The van der Waals surface area contributed by atoms with Gasteiger partial charge in [-0.15, -0.1) is 0 Å². The maximum Gasteiger partial charge on any atom is 0.227 e. The lowest BCUT2D eigenvalue weighted by atomic mass is 9.72. The van der Waals surface area contributed by atoms with Crippen molar-refractivity contribution in [1.82, 2.24) is 9.97 Å². The number of nitrogens with zero attached hydrogens (tertiary/aromatic N) is 2. The number of rotatable bonds is 5. The summed E-state index contributed by atoms with van der Waals surface area (Å²) >= 11 is 0. The third kappa shape index (κ3) is 3.65. The van der Waals surface area contributed by atoms with E-state index >= 15 is 0 Å². The standard InChI is InChI=1S/C31H36N2O/c1-20(21-9-4-5-10-21)27-16-15-25-24-13-8-14-26(29(24)34-30(25)33-27)28-19-23(17-18-32-28)31(2,3)22-11-6-7-12-22/h8,13-22H,4-7,9-12H2,1-3H3. The molecule has 1 aromatic carbocycles. The molecule has 0 radical (unpaired) electrons. The van der Waals surface area contributed by atoms with Crippen LogP contribution in [0.15, 0.2) is 53.1 Å². The molecule has 2 aliphatic rings. The van der Waals surface area contributed by atoms with E-state index in [1.165, 1.54) is 62.6 Å². The number of para-hydroxylation sites is 1. The molecule has 1 atom stereocenters. The number of benzene rings is 1. The lowest BCUT2D eigenvalue weighted by Crippen LogP contribution is -2.26.